The Morgan fingerprint density at radius 2 is 1.82 bits per heavy atom. The molecule has 0 fully saturated rings. The maximum absolute atomic E-state index is 11.7. The van der Waals surface area contributed by atoms with Gasteiger partial charge >= 0.3 is 6.03 Å². The van der Waals surface area contributed by atoms with E-state index in [4.69, 9.17) is 0 Å². The summed E-state index contributed by atoms with van der Waals surface area (Å²) in [4.78, 5) is 11.7. The highest BCUT2D eigenvalue weighted by Gasteiger charge is 2.37. The summed E-state index contributed by atoms with van der Waals surface area (Å²) >= 11 is 0. The molecule has 0 spiro atoms. The van der Waals surface area contributed by atoms with Crippen molar-refractivity contribution < 1.29 is 4.79 Å². The van der Waals surface area contributed by atoms with Crippen molar-refractivity contribution in [3.05, 3.63) is 55.1 Å². The average Bonchev–Trinajstić information content (AvgIpc) is 2.29. The van der Waals surface area contributed by atoms with Crippen molar-refractivity contribution in [2.45, 2.75) is 18.4 Å². The predicted molar refractivity (Wildman–Crippen MR) is 69.9 cm³/mol. The average molecular weight is 228 g/mol. The maximum Gasteiger partial charge on any atom is 0.319 e. The molecule has 0 saturated heterocycles. The quantitative estimate of drug-likeness (QED) is 0.763. The zero-order valence-corrected chi connectivity index (χ0v) is 9.70. The Bertz CT molecular complexity index is 455. The highest BCUT2D eigenvalue weighted by molar-refractivity contribution is 5.93. The van der Waals surface area contributed by atoms with Gasteiger partial charge < -0.3 is 10.6 Å². The smallest absolute Gasteiger partial charge is 0.319 e. The number of nitrogens with one attached hydrogen (secondary N) is 2. The highest BCUT2D eigenvalue weighted by atomic mass is 16.2. The number of urea groups is 1. The number of hydrogen-bond donors (Lipinski definition) is 2. The van der Waals surface area contributed by atoms with Gasteiger partial charge in [-0.05, 0) is 18.9 Å². The second-order valence-corrected chi connectivity index (χ2v) is 4.19. The molecule has 0 aromatic heterocycles. The van der Waals surface area contributed by atoms with Crippen LogP contribution in [0.15, 0.2) is 49.6 Å². The summed E-state index contributed by atoms with van der Waals surface area (Å²) in [5, 5.41) is 5.81. The van der Waals surface area contributed by atoms with Crippen LogP contribution in [0.25, 0.3) is 0 Å². The van der Waals surface area contributed by atoms with Crippen LogP contribution >= 0.6 is 0 Å². The lowest BCUT2D eigenvalue weighted by Gasteiger charge is -2.38. The first-order valence-corrected chi connectivity index (χ1v) is 5.62. The van der Waals surface area contributed by atoms with Crippen molar-refractivity contribution in [2.75, 3.05) is 5.32 Å². The lowest BCUT2D eigenvalue weighted by molar-refractivity contribution is 0.233. The first kappa shape index (κ1) is 11.5. The van der Waals surface area contributed by atoms with E-state index in [0.29, 0.717) is 12.8 Å². The molecular weight excluding hydrogens is 212 g/mol. The van der Waals surface area contributed by atoms with Crippen LogP contribution in [0, 0.1) is 0 Å². The second-order valence-electron chi connectivity index (χ2n) is 4.19. The van der Waals surface area contributed by atoms with Crippen molar-refractivity contribution in [3.63, 3.8) is 0 Å². The normalized spacial score (nSPS) is 16.4. The number of fused-ring (bicyclic) bond motifs is 1. The van der Waals surface area contributed by atoms with E-state index in [0.717, 1.165) is 11.3 Å². The van der Waals surface area contributed by atoms with Gasteiger partial charge in [-0.2, -0.15) is 0 Å². The lowest BCUT2D eigenvalue weighted by atomic mass is 9.81. The van der Waals surface area contributed by atoms with E-state index in [2.05, 4.69) is 23.8 Å². The van der Waals surface area contributed by atoms with E-state index in [-0.39, 0.29) is 6.03 Å². The summed E-state index contributed by atoms with van der Waals surface area (Å²) in [7, 11) is 0. The van der Waals surface area contributed by atoms with Crippen LogP contribution in [-0.4, -0.2) is 6.03 Å². The number of para-hydroxylation sites is 1. The number of anilines is 1. The van der Waals surface area contributed by atoms with E-state index in [1.54, 1.807) is 0 Å². The molecule has 3 nitrogen and oxygen atoms in total. The van der Waals surface area contributed by atoms with Gasteiger partial charge in [-0.25, -0.2) is 4.79 Å². The molecule has 0 aliphatic carbocycles. The molecule has 0 saturated carbocycles. The van der Waals surface area contributed by atoms with E-state index in [1.165, 1.54) is 0 Å². The van der Waals surface area contributed by atoms with Gasteiger partial charge in [-0.15, -0.1) is 13.2 Å². The molecule has 1 heterocycles. The molecule has 3 heteroatoms. The zero-order valence-electron chi connectivity index (χ0n) is 9.70. The van der Waals surface area contributed by atoms with Crippen LogP contribution in [0.2, 0.25) is 0 Å². The van der Waals surface area contributed by atoms with Crippen LogP contribution in [0.5, 0.6) is 0 Å². The fraction of sp³-hybridized carbons (Fsp3) is 0.214. The summed E-state index contributed by atoms with van der Waals surface area (Å²) in [5.74, 6) is 0. The Balaban J connectivity index is 2.54. The van der Waals surface area contributed by atoms with Gasteiger partial charge in [0.1, 0.15) is 0 Å². The third-order valence-electron chi connectivity index (χ3n) is 3.03. The second kappa shape index (κ2) is 4.45. The lowest BCUT2D eigenvalue weighted by Crippen LogP contribution is -2.51. The van der Waals surface area contributed by atoms with E-state index >= 15 is 0 Å². The molecular formula is C14H16N2O. The summed E-state index contributed by atoms with van der Waals surface area (Å²) in [6, 6.07) is 7.65. The molecule has 2 amide bonds. The summed E-state index contributed by atoms with van der Waals surface area (Å²) < 4.78 is 0. The fourth-order valence-corrected chi connectivity index (χ4v) is 2.35. The minimum atomic E-state index is -0.414. The van der Waals surface area contributed by atoms with Crippen molar-refractivity contribution in [2.24, 2.45) is 0 Å². The van der Waals surface area contributed by atoms with Gasteiger partial charge in [-0.3, -0.25) is 0 Å². The van der Waals surface area contributed by atoms with Crippen LogP contribution in [0.4, 0.5) is 10.5 Å². The Morgan fingerprint density at radius 1 is 1.18 bits per heavy atom. The molecule has 1 aliphatic rings. The predicted octanol–water partition coefficient (Wildman–Crippen LogP) is 3.17. The molecule has 88 valence electrons. The van der Waals surface area contributed by atoms with Crippen molar-refractivity contribution in [3.8, 4) is 0 Å². The SMILES string of the molecule is C=CCC1(CC=C)NC(=O)Nc2ccccc21. The third kappa shape index (κ3) is 1.96. The van der Waals surface area contributed by atoms with E-state index in [1.807, 2.05) is 36.4 Å². The van der Waals surface area contributed by atoms with Gasteiger partial charge in [0, 0.05) is 11.3 Å². The minimum absolute atomic E-state index is 0.174. The zero-order chi connectivity index (χ0) is 12.3. The van der Waals surface area contributed by atoms with Gasteiger partial charge in [0.05, 0.1) is 5.54 Å². The fourth-order valence-electron chi connectivity index (χ4n) is 2.35. The Kier molecular flexibility index (Phi) is 3.00. The molecule has 2 N–H and O–H groups in total. The van der Waals surface area contributed by atoms with Crippen molar-refractivity contribution in [1.29, 1.82) is 0 Å². The molecule has 1 aromatic carbocycles. The van der Waals surface area contributed by atoms with Gasteiger partial charge in [0.15, 0.2) is 0 Å². The molecule has 1 aliphatic heterocycles. The van der Waals surface area contributed by atoms with E-state index in [9.17, 15) is 4.79 Å². The van der Waals surface area contributed by atoms with E-state index < -0.39 is 5.54 Å². The molecule has 0 radical (unpaired) electrons. The number of rotatable bonds is 4. The minimum Gasteiger partial charge on any atom is -0.328 e. The van der Waals surface area contributed by atoms with Crippen molar-refractivity contribution in [1.82, 2.24) is 5.32 Å². The standard InChI is InChI=1S/C14H16N2O/c1-3-9-14(10-4-2)11-7-5-6-8-12(11)15-13(17)16-14/h3-8H,1-2,9-10H2,(H2,15,16,17). The number of carbonyl (C=O) groups is 1. The number of amides is 2. The van der Waals surface area contributed by atoms with Crippen LogP contribution in [0.1, 0.15) is 18.4 Å². The maximum atomic E-state index is 11.7. The number of carbonyl (C=O) groups excluding carboxylic acids is 1. The Hall–Kier alpha value is -2.03. The van der Waals surface area contributed by atoms with Crippen molar-refractivity contribution >= 4 is 11.7 Å². The van der Waals surface area contributed by atoms with Gasteiger partial charge in [-0.1, -0.05) is 30.4 Å². The molecule has 1 aromatic rings. The van der Waals surface area contributed by atoms with Crippen LogP contribution in [0.3, 0.4) is 0 Å². The van der Waals surface area contributed by atoms with Crippen LogP contribution < -0.4 is 10.6 Å². The van der Waals surface area contributed by atoms with Gasteiger partial charge in [0.25, 0.3) is 0 Å². The molecule has 2 rings (SSSR count). The first-order chi connectivity index (χ1) is 8.22. The third-order valence-corrected chi connectivity index (χ3v) is 3.03. The monoisotopic (exact) mass is 228 g/mol. The Morgan fingerprint density at radius 3 is 2.47 bits per heavy atom. The number of hydrogen-bond acceptors (Lipinski definition) is 1. The highest BCUT2D eigenvalue weighted by Crippen LogP contribution is 2.37. The van der Waals surface area contributed by atoms with Gasteiger partial charge in [0.2, 0.25) is 0 Å². The molecule has 0 unspecified atom stereocenters. The topological polar surface area (TPSA) is 41.1 Å². The number of benzene rings is 1. The summed E-state index contributed by atoms with van der Waals surface area (Å²) in [6.45, 7) is 7.55. The first-order valence-electron chi connectivity index (χ1n) is 5.62. The molecule has 0 atom stereocenters. The van der Waals surface area contributed by atoms with Crippen LogP contribution in [-0.2, 0) is 5.54 Å². The largest absolute Gasteiger partial charge is 0.328 e. The summed E-state index contributed by atoms with van der Waals surface area (Å²) in [6.07, 6.45) is 5.02. The molecule has 0 bridgehead atoms. The Labute approximate surface area is 101 Å². The molecule has 17 heavy (non-hydrogen) atoms. The summed E-state index contributed by atoms with van der Waals surface area (Å²) in [5.41, 5.74) is 1.53.